The van der Waals surface area contributed by atoms with Crippen LogP contribution in [-0.4, -0.2) is 42.6 Å². The second-order valence-electron chi connectivity index (χ2n) is 4.07. The van der Waals surface area contributed by atoms with Crippen molar-refractivity contribution >= 4 is 25.6 Å². The third-order valence-corrected chi connectivity index (χ3v) is 4.20. The van der Waals surface area contributed by atoms with Crippen LogP contribution in [0.2, 0.25) is 4.82 Å². The molecule has 0 saturated carbocycles. The molecule has 4 heteroatoms. The maximum absolute atomic E-state index is 11.8. The predicted octanol–water partition coefficient (Wildman–Crippen LogP) is 1.51. The molecule has 1 amide bonds. The molecule has 0 aliphatic carbocycles. The number of nitrogens with zero attached hydrogens (tertiary/aromatic N) is 2. The molecule has 0 spiro atoms. The van der Waals surface area contributed by atoms with Gasteiger partial charge in [0.15, 0.2) is 0 Å². The minimum absolute atomic E-state index is 0.169. The van der Waals surface area contributed by atoms with Gasteiger partial charge in [-0.05, 0) is 0 Å². The van der Waals surface area contributed by atoms with E-state index in [1.54, 1.807) is 0 Å². The second kappa shape index (κ2) is 4.45. The molecule has 1 heterocycles. The number of amidine groups is 1. The molecule has 1 aliphatic rings. The summed E-state index contributed by atoms with van der Waals surface area (Å²) in [5.41, 5.74) is 0. The number of aliphatic imine (C=N–C) groups is 1. The SMILES string of the molecule is CC(C)/N=C1\[Se]C(C)C(=O)N1C(C)C. The molecule has 1 atom stereocenters. The molecule has 0 aromatic carbocycles. The van der Waals surface area contributed by atoms with Crippen LogP contribution in [-0.2, 0) is 4.79 Å². The molecular weight excluding hydrogens is 243 g/mol. The zero-order chi connectivity index (χ0) is 10.9. The van der Waals surface area contributed by atoms with Gasteiger partial charge < -0.3 is 0 Å². The van der Waals surface area contributed by atoms with Crippen LogP contribution in [0.3, 0.4) is 0 Å². The van der Waals surface area contributed by atoms with E-state index in [2.05, 4.69) is 18.8 Å². The van der Waals surface area contributed by atoms with Gasteiger partial charge in [0.1, 0.15) is 0 Å². The van der Waals surface area contributed by atoms with Gasteiger partial charge in [-0.15, -0.1) is 0 Å². The Balaban J connectivity index is 2.91. The molecule has 0 bridgehead atoms. The molecule has 1 fully saturated rings. The Morgan fingerprint density at radius 3 is 2.36 bits per heavy atom. The van der Waals surface area contributed by atoms with E-state index in [0.29, 0.717) is 0 Å². The van der Waals surface area contributed by atoms with E-state index in [1.165, 1.54) is 0 Å². The fourth-order valence-corrected chi connectivity index (χ4v) is 3.90. The average molecular weight is 261 g/mol. The molecule has 1 unspecified atom stereocenters. The first-order chi connectivity index (χ1) is 6.43. The fraction of sp³-hybridized carbons (Fsp3) is 0.800. The predicted molar refractivity (Wildman–Crippen MR) is 59.7 cm³/mol. The summed E-state index contributed by atoms with van der Waals surface area (Å²) < 4.78 is 1.03. The Kier molecular flexibility index (Phi) is 3.73. The fourth-order valence-electron chi connectivity index (χ4n) is 1.34. The maximum atomic E-state index is 11.8. The van der Waals surface area contributed by atoms with Crippen molar-refractivity contribution in [2.45, 2.75) is 51.5 Å². The van der Waals surface area contributed by atoms with Gasteiger partial charge in [-0.25, -0.2) is 0 Å². The summed E-state index contributed by atoms with van der Waals surface area (Å²) >= 11 is 0.228. The molecule has 14 heavy (non-hydrogen) atoms. The minimum atomic E-state index is 0.169. The van der Waals surface area contributed by atoms with E-state index >= 15 is 0 Å². The van der Waals surface area contributed by atoms with Crippen molar-refractivity contribution in [1.82, 2.24) is 4.90 Å². The van der Waals surface area contributed by atoms with Crippen molar-refractivity contribution in [3.05, 3.63) is 0 Å². The van der Waals surface area contributed by atoms with E-state index in [-0.39, 0.29) is 37.8 Å². The zero-order valence-corrected chi connectivity index (χ0v) is 11.2. The number of amides is 1. The molecule has 1 aliphatic heterocycles. The van der Waals surface area contributed by atoms with Gasteiger partial charge in [0.25, 0.3) is 0 Å². The monoisotopic (exact) mass is 262 g/mol. The van der Waals surface area contributed by atoms with Gasteiger partial charge >= 0.3 is 91.8 Å². The van der Waals surface area contributed by atoms with Gasteiger partial charge in [-0.1, -0.05) is 0 Å². The Bertz CT molecular complexity index is 261. The second-order valence-corrected chi connectivity index (χ2v) is 6.81. The van der Waals surface area contributed by atoms with Crippen LogP contribution >= 0.6 is 0 Å². The third kappa shape index (κ3) is 2.37. The standard InChI is InChI=1S/C10H18N2OSe/c1-6(2)11-10-12(7(3)4)9(13)8(5)14-10/h6-8H,1-5H3/b11-10-. The van der Waals surface area contributed by atoms with Gasteiger partial charge in [0.2, 0.25) is 0 Å². The first kappa shape index (κ1) is 11.7. The molecule has 3 nitrogen and oxygen atoms in total. The van der Waals surface area contributed by atoms with Crippen LogP contribution in [0.1, 0.15) is 34.6 Å². The summed E-state index contributed by atoms with van der Waals surface area (Å²) in [6, 6.07) is 0.526. The van der Waals surface area contributed by atoms with E-state index in [9.17, 15) is 4.79 Å². The number of rotatable bonds is 2. The summed E-state index contributed by atoms with van der Waals surface area (Å²) in [6.07, 6.45) is 0. The van der Waals surface area contributed by atoms with Gasteiger partial charge in [0, 0.05) is 0 Å². The van der Waals surface area contributed by atoms with Crippen molar-refractivity contribution < 1.29 is 4.79 Å². The zero-order valence-electron chi connectivity index (χ0n) is 9.44. The van der Waals surface area contributed by atoms with Crippen LogP contribution in [0.25, 0.3) is 0 Å². The Morgan fingerprint density at radius 1 is 1.36 bits per heavy atom. The quantitative estimate of drug-likeness (QED) is 0.694. The molecule has 80 valence electrons. The average Bonchev–Trinajstić information content (AvgIpc) is 2.26. The summed E-state index contributed by atoms with van der Waals surface area (Å²) in [6.45, 7) is 10.2. The van der Waals surface area contributed by atoms with E-state index < -0.39 is 0 Å². The summed E-state index contributed by atoms with van der Waals surface area (Å²) in [4.78, 5) is 18.4. The number of hydrogen-bond acceptors (Lipinski definition) is 2. The van der Waals surface area contributed by atoms with E-state index in [0.717, 1.165) is 4.73 Å². The van der Waals surface area contributed by atoms with Gasteiger partial charge in [-0.3, -0.25) is 0 Å². The van der Waals surface area contributed by atoms with Crippen molar-refractivity contribution in [2.24, 2.45) is 4.99 Å². The van der Waals surface area contributed by atoms with E-state index in [1.807, 2.05) is 25.7 Å². The first-order valence-corrected chi connectivity index (χ1v) is 6.85. The Labute approximate surface area is 92.1 Å². The molecule has 0 radical (unpaired) electrons. The topological polar surface area (TPSA) is 32.7 Å². The molecule has 0 aromatic heterocycles. The summed E-state index contributed by atoms with van der Waals surface area (Å²) in [5.74, 6) is 0.249. The van der Waals surface area contributed by atoms with Crippen molar-refractivity contribution in [1.29, 1.82) is 0 Å². The van der Waals surface area contributed by atoms with Crippen LogP contribution in [0.15, 0.2) is 4.99 Å². The van der Waals surface area contributed by atoms with Gasteiger partial charge in [-0.2, -0.15) is 0 Å². The molecule has 0 N–H and O–H groups in total. The van der Waals surface area contributed by atoms with Crippen molar-refractivity contribution in [2.75, 3.05) is 0 Å². The Morgan fingerprint density at radius 2 is 1.93 bits per heavy atom. The van der Waals surface area contributed by atoms with Crippen LogP contribution in [0, 0.1) is 0 Å². The number of hydrogen-bond donors (Lipinski definition) is 0. The summed E-state index contributed by atoms with van der Waals surface area (Å²) in [5, 5.41) is 0. The Hall–Kier alpha value is -0.341. The molecule has 0 aromatic rings. The first-order valence-electron chi connectivity index (χ1n) is 5.01. The molecular formula is C10H18N2OSe. The van der Waals surface area contributed by atoms with Crippen molar-refractivity contribution in [3.8, 4) is 0 Å². The number of carbonyl (C=O) groups is 1. The van der Waals surface area contributed by atoms with Gasteiger partial charge in [0.05, 0.1) is 0 Å². The van der Waals surface area contributed by atoms with Crippen LogP contribution in [0.4, 0.5) is 0 Å². The molecule has 1 rings (SSSR count). The van der Waals surface area contributed by atoms with E-state index in [4.69, 9.17) is 0 Å². The van der Waals surface area contributed by atoms with Crippen LogP contribution < -0.4 is 0 Å². The number of carbonyl (C=O) groups excluding carboxylic acids is 1. The third-order valence-electron chi connectivity index (χ3n) is 1.96. The van der Waals surface area contributed by atoms with Crippen molar-refractivity contribution in [3.63, 3.8) is 0 Å². The van der Waals surface area contributed by atoms with Crippen LogP contribution in [0.5, 0.6) is 0 Å². The molecule has 1 saturated heterocycles. The normalized spacial score (nSPS) is 25.9. The summed E-state index contributed by atoms with van der Waals surface area (Å²) in [7, 11) is 0.